The molecule has 0 aromatic rings. The van der Waals surface area contributed by atoms with Gasteiger partial charge in [0.2, 0.25) is 0 Å². The van der Waals surface area contributed by atoms with Crippen molar-refractivity contribution in [1.82, 2.24) is 0 Å². The molecule has 0 aromatic carbocycles. The summed E-state index contributed by atoms with van der Waals surface area (Å²) in [5, 5.41) is 0.961. The zero-order valence-corrected chi connectivity index (χ0v) is 6.71. The molecule has 0 aliphatic heterocycles. The van der Waals surface area contributed by atoms with Crippen molar-refractivity contribution in [3.63, 3.8) is 0 Å². The molecule has 0 bridgehead atoms. The molecule has 0 nitrogen and oxygen atoms in total. The fourth-order valence-electron chi connectivity index (χ4n) is 0.727. The van der Waals surface area contributed by atoms with Crippen molar-refractivity contribution in [2.24, 2.45) is 0 Å². The number of rotatable bonds is 0. The van der Waals surface area contributed by atoms with E-state index in [1.165, 1.54) is 5.57 Å². The number of alkyl halides is 1. The lowest BCUT2D eigenvalue weighted by Crippen LogP contribution is -2.02. The third-order valence-corrected chi connectivity index (χ3v) is 2.17. The summed E-state index contributed by atoms with van der Waals surface area (Å²) in [6, 6.07) is 0. The van der Waals surface area contributed by atoms with E-state index < -0.39 is 0 Å². The van der Waals surface area contributed by atoms with Gasteiger partial charge in [-0.05, 0) is 13.0 Å². The Morgan fingerprint density at radius 3 is 2.67 bits per heavy atom. The lowest BCUT2D eigenvalue weighted by atomic mass is 10.1. The first-order valence-corrected chi connectivity index (χ1v) is 3.68. The van der Waals surface area contributed by atoms with E-state index in [1.807, 2.05) is 19.1 Å². The van der Waals surface area contributed by atoms with Crippen molar-refractivity contribution in [2.75, 3.05) is 0 Å². The van der Waals surface area contributed by atoms with Crippen molar-refractivity contribution >= 4 is 23.2 Å². The quantitative estimate of drug-likeness (QED) is 0.481. The minimum atomic E-state index is 0.113. The van der Waals surface area contributed by atoms with Crippen LogP contribution in [0.15, 0.2) is 22.8 Å². The van der Waals surface area contributed by atoms with Crippen LogP contribution in [0.2, 0.25) is 0 Å². The summed E-state index contributed by atoms with van der Waals surface area (Å²) in [7, 11) is 0. The predicted molar refractivity (Wildman–Crippen MR) is 42.0 cm³/mol. The normalized spacial score (nSPS) is 27.2. The van der Waals surface area contributed by atoms with Gasteiger partial charge in [0.1, 0.15) is 0 Å². The summed E-state index contributed by atoms with van der Waals surface area (Å²) in [6.07, 6.45) is 4.64. The molecule has 0 N–H and O–H groups in total. The highest BCUT2D eigenvalue weighted by Crippen LogP contribution is 2.25. The summed E-state index contributed by atoms with van der Waals surface area (Å²) in [5.41, 5.74) is 1.20. The molecule has 50 valence electrons. The standard InChI is InChI=1S/C7H8Cl2/c1-5-2-3-6(8)4-7(5)9/h2-3,7H,4H2,1H3. The maximum atomic E-state index is 5.87. The van der Waals surface area contributed by atoms with E-state index in [9.17, 15) is 0 Å². The highest BCUT2D eigenvalue weighted by molar-refractivity contribution is 6.31. The Labute approximate surface area is 65.2 Å². The number of allylic oxidation sites excluding steroid dienone is 4. The molecule has 2 heteroatoms. The zero-order valence-electron chi connectivity index (χ0n) is 5.20. The summed E-state index contributed by atoms with van der Waals surface area (Å²) in [6.45, 7) is 2.01. The molecule has 0 amide bonds. The lowest BCUT2D eigenvalue weighted by molar-refractivity contribution is 0.956. The first-order valence-electron chi connectivity index (χ1n) is 2.87. The van der Waals surface area contributed by atoms with Gasteiger partial charge in [-0.15, -0.1) is 11.6 Å². The van der Waals surface area contributed by atoms with Crippen LogP contribution in [0.25, 0.3) is 0 Å². The van der Waals surface area contributed by atoms with E-state index >= 15 is 0 Å². The van der Waals surface area contributed by atoms with Crippen LogP contribution < -0.4 is 0 Å². The molecule has 0 spiro atoms. The first kappa shape index (κ1) is 7.17. The predicted octanol–water partition coefficient (Wildman–Crippen LogP) is 3.07. The largest absolute Gasteiger partial charge is 0.118 e. The molecule has 0 fully saturated rings. The second kappa shape index (κ2) is 2.76. The van der Waals surface area contributed by atoms with E-state index in [0.717, 1.165) is 11.5 Å². The van der Waals surface area contributed by atoms with Gasteiger partial charge in [0.05, 0.1) is 5.38 Å². The summed E-state index contributed by atoms with van der Waals surface area (Å²) >= 11 is 11.6. The van der Waals surface area contributed by atoms with Gasteiger partial charge in [-0.1, -0.05) is 23.3 Å². The van der Waals surface area contributed by atoms with Crippen molar-refractivity contribution in [3.8, 4) is 0 Å². The van der Waals surface area contributed by atoms with Crippen LogP contribution in [-0.2, 0) is 0 Å². The zero-order chi connectivity index (χ0) is 6.85. The van der Waals surface area contributed by atoms with Crippen LogP contribution in [0.1, 0.15) is 13.3 Å². The Hall–Kier alpha value is 0.0600. The average molecular weight is 163 g/mol. The van der Waals surface area contributed by atoms with Crippen LogP contribution in [0, 0.1) is 0 Å². The van der Waals surface area contributed by atoms with Gasteiger partial charge >= 0.3 is 0 Å². The van der Waals surface area contributed by atoms with Crippen LogP contribution in [0.5, 0.6) is 0 Å². The Bertz CT molecular complexity index is 168. The van der Waals surface area contributed by atoms with E-state index in [0.29, 0.717) is 0 Å². The first-order chi connectivity index (χ1) is 4.20. The van der Waals surface area contributed by atoms with E-state index in [4.69, 9.17) is 23.2 Å². The average Bonchev–Trinajstić information content (AvgIpc) is 1.80. The molecule has 0 radical (unpaired) electrons. The molecule has 1 aliphatic carbocycles. The fourth-order valence-corrected chi connectivity index (χ4v) is 1.26. The van der Waals surface area contributed by atoms with Gasteiger partial charge in [-0.3, -0.25) is 0 Å². The van der Waals surface area contributed by atoms with Gasteiger partial charge in [-0.2, -0.15) is 0 Å². The fraction of sp³-hybridized carbons (Fsp3) is 0.429. The van der Waals surface area contributed by atoms with Crippen LogP contribution in [0.4, 0.5) is 0 Å². The minimum absolute atomic E-state index is 0.113. The Morgan fingerprint density at radius 1 is 1.56 bits per heavy atom. The molecule has 0 aromatic heterocycles. The minimum Gasteiger partial charge on any atom is -0.118 e. The van der Waals surface area contributed by atoms with Gasteiger partial charge in [-0.25, -0.2) is 0 Å². The maximum Gasteiger partial charge on any atom is 0.0594 e. The van der Waals surface area contributed by atoms with Gasteiger partial charge < -0.3 is 0 Å². The summed E-state index contributed by atoms with van der Waals surface area (Å²) < 4.78 is 0. The van der Waals surface area contributed by atoms with Crippen molar-refractivity contribution < 1.29 is 0 Å². The lowest BCUT2D eigenvalue weighted by Gasteiger charge is -2.12. The molecular formula is C7H8Cl2. The van der Waals surface area contributed by atoms with Gasteiger partial charge in [0.15, 0.2) is 0 Å². The Balaban J connectivity index is 2.74. The maximum absolute atomic E-state index is 5.87. The molecule has 0 heterocycles. The second-order valence-electron chi connectivity index (χ2n) is 2.20. The van der Waals surface area contributed by atoms with Crippen molar-refractivity contribution in [2.45, 2.75) is 18.7 Å². The highest BCUT2D eigenvalue weighted by atomic mass is 35.5. The van der Waals surface area contributed by atoms with E-state index in [-0.39, 0.29) is 5.38 Å². The molecule has 0 saturated heterocycles. The van der Waals surface area contributed by atoms with Crippen LogP contribution in [0.3, 0.4) is 0 Å². The molecule has 1 atom stereocenters. The SMILES string of the molecule is CC1=CC=C(Cl)CC1Cl. The number of hydrogen-bond donors (Lipinski definition) is 0. The Morgan fingerprint density at radius 2 is 2.22 bits per heavy atom. The van der Waals surface area contributed by atoms with Gasteiger partial charge in [0, 0.05) is 11.5 Å². The second-order valence-corrected chi connectivity index (χ2v) is 3.21. The van der Waals surface area contributed by atoms with E-state index in [2.05, 4.69) is 0 Å². The highest BCUT2D eigenvalue weighted by Gasteiger charge is 2.10. The van der Waals surface area contributed by atoms with Crippen molar-refractivity contribution in [3.05, 3.63) is 22.8 Å². The molecule has 1 rings (SSSR count). The molecular weight excluding hydrogens is 155 g/mol. The third kappa shape index (κ3) is 1.74. The Kier molecular flexibility index (Phi) is 2.20. The molecule has 9 heavy (non-hydrogen) atoms. The smallest absolute Gasteiger partial charge is 0.0594 e. The number of halogens is 2. The molecule has 0 saturated carbocycles. The van der Waals surface area contributed by atoms with Gasteiger partial charge in [0.25, 0.3) is 0 Å². The van der Waals surface area contributed by atoms with Crippen LogP contribution in [-0.4, -0.2) is 5.38 Å². The summed E-state index contributed by atoms with van der Waals surface area (Å²) in [5.74, 6) is 0. The topological polar surface area (TPSA) is 0 Å². The number of hydrogen-bond acceptors (Lipinski definition) is 0. The monoisotopic (exact) mass is 162 g/mol. The molecule has 1 unspecified atom stereocenters. The van der Waals surface area contributed by atoms with E-state index in [1.54, 1.807) is 0 Å². The van der Waals surface area contributed by atoms with Crippen LogP contribution >= 0.6 is 23.2 Å². The summed E-state index contributed by atoms with van der Waals surface area (Å²) in [4.78, 5) is 0. The molecule has 1 aliphatic rings. The van der Waals surface area contributed by atoms with Crippen molar-refractivity contribution in [1.29, 1.82) is 0 Å². The third-order valence-electron chi connectivity index (χ3n) is 1.40.